The third-order valence-electron chi connectivity index (χ3n) is 3.75. The highest BCUT2D eigenvalue weighted by molar-refractivity contribution is 5.97. The monoisotopic (exact) mass is 309 g/mol. The number of hydrogen-bond donors (Lipinski definition) is 1. The largest absolute Gasteiger partial charge is 0.497 e. The summed E-state index contributed by atoms with van der Waals surface area (Å²) in [4.78, 5) is 11.6. The first-order chi connectivity index (χ1) is 11.2. The molecule has 0 amide bonds. The van der Waals surface area contributed by atoms with Crippen LogP contribution in [0.2, 0.25) is 0 Å². The van der Waals surface area contributed by atoms with E-state index in [1.807, 2.05) is 54.7 Å². The fourth-order valence-corrected chi connectivity index (χ4v) is 2.48. The minimum Gasteiger partial charge on any atom is -0.497 e. The van der Waals surface area contributed by atoms with Crippen molar-refractivity contribution in [3.63, 3.8) is 0 Å². The molecule has 118 valence electrons. The molecule has 0 aromatic heterocycles. The summed E-state index contributed by atoms with van der Waals surface area (Å²) in [5, 5.41) is 3.17. The van der Waals surface area contributed by atoms with Gasteiger partial charge in [-0.05, 0) is 49.2 Å². The summed E-state index contributed by atoms with van der Waals surface area (Å²) >= 11 is 0. The Morgan fingerprint density at radius 2 is 1.78 bits per heavy atom. The Morgan fingerprint density at radius 3 is 2.48 bits per heavy atom. The quantitative estimate of drug-likeness (QED) is 0.824. The van der Waals surface area contributed by atoms with E-state index in [0.717, 1.165) is 41.4 Å². The van der Waals surface area contributed by atoms with Crippen LogP contribution in [0.3, 0.4) is 0 Å². The second-order valence-corrected chi connectivity index (χ2v) is 5.40. The molecule has 1 fully saturated rings. The summed E-state index contributed by atoms with van der Waals surface area (Å²) in [6.45, 7) is 0. The van der Waals surface area contributed by atoms with Crippen LogP contribution in [0.1, 0.15) is 19.3 Å². The first-order valence-electron chi connectivity index (χ1n) is 7.65. The van der Waals surface area contributed by atoms with Gasteiger partial charge in [0.15, 0.2) is 5.78 Å². The number of anilines is 1. The van der Waals surface area contributed by atoms with E-state index in [1.54, 1.807) is 7.11 Å². The van der Waals surface area contributed by atoms with Crippen LogP contribution in [0.15, 0.2) is 60.3 Å². The molecule has 0 unspecified atom stereocenters. The van der Waals surface area contributed by atoms with Crippen LogP contribution in [0.25, 0.3) is 0 Å². The maximum absolute atomic E-state index is 11.6. The third-order valence-corrected chi connectivity index (χ3v) is 3.75. The van der Waals surface area contributed by atoms with Gasteiger partial charge in [-0.2, -0.15) is 0 Å². The van der Waals surface area contributed by atoms with Crippen molar-refractivity contribution in [3.8, 4) is 17.2 Å². The molecule has 0 aliphatic heterocycles. The predicted molar refractivity (Wildman–Crippen MR) is 90.1 cm³/mol. The Labute approximate surface area is 135 Å². The van der Waals surface area contributed by atoms with E-state index >= 15 is 0 Å². The fourth-order valence-electron chi connectivity index (χ4n) is 2.48. The van der Waals surface area contributed by atoms with Crippen molar-refractivity contribution in [1.82, 2.24) is 0 Å². The topological polar surface area (TPSA) is 47.6 Å². The van der Waals surface area contributed by atoms with Crippen molar-refractivity contribution >= 4 is 11.5 Å². The smallest absolute Gasteiger partial charge is 0.160 e. The van der Waals surface area contributed by atoms with Crippen molar-refractivity contribution < 1.29 is 14.3 Å². The predicted octanol–water partition coefficient (Wildman–Crippen LogP) is 4.54. The van der Waals surface area contributed by atoms with Crippen LogP contribution in [0.5, 0.6) is 17.2 Å². The van der Waals surface area contributed by atoms with Gasteiger partial charge in [0.05, 0.1) is 7.11 Å². The molecule has 2 aromatic rings. The van der Waals surface area contributed by atoms with E-state index in [-0.39, 0.29) is 5.78 Å². The van der Waals surface area contributed by atoms with Gasteiger partial charge in [0.25, 0.3) is 0 Å². The summed E-state index contributed by atoms with van der Waals surface area (Å²) in [5.74, 6) is 2.47. The van der Waals surface area contributed by atoms with Crippen molar-refractivity contribution in [2.75, 3.05) is 12.4 Å². The van der Waals surface area contributed by atoms with Gasteiger partial charge in [-0.3, -0.25) is 4.79 Å². The van der Waals surface area contributed by atoms with Crippen molar-refractivity contribution in [2.45, 2.75) is 19.3 Å². The summed E-state index contributed by atoms with van der Waals surface area (Å²) < 4.78 is 11.0. The number of allylic oxidation sites excluding steroid dienone is 1. The van der Waals surface area contributed by atoms with Crippen molar-refractivity contribution in [2.24, 2.45) is 0 Å². The molecule has 1 aliphatic rings. The summed E-state index contributed by atoms with van der Waals surface area (Å²) in [6.07, 6.45) is 4.30. The third kappa shape index (κ3) is 3.92. The molecule has 0 radical (unpaired) electrons. The number of Topliss-reactive ketones (excluding diaryl/α,β-unsaturated/α-hetero) is 1. The lowest BCUT2D eigenvalue weighted by Gasteiger charge is -2.08. The summed E-state index contributed by atoms with van der Waals surface area (Å²) in [6, 6.07) is 15.1. The Hall–Kier alpha value is -2.75. The molecule has 4 nitrogen and oxygen atoms in total. The zero-order chi connectivity index (χ0) is 16.1. The number of methoxy groups -OCH3 is 1. The van der Waals surface area contributed by atoms with E-state index in [9.17, 15) is 4.79 Å². The first kappa shape index (κ1) is 15.2. The number of nitrogens with one attached hydrogen (secondary N) is 1. The number of carbonyl (C=O) groups excluding carboxylic acids is 1. The van der Waals surface area contributed by atoms with Crippen LogP contribution >= 0.6 is 0 Å². The van der Waals surface area contributed by atoms with Gasteiger partial charge in [0.1, 0.15) is 17.2 Å². The maximum atomic E-state index is 11.6. The molecule has 0 bridgehead atoms. The highest BCUT2D eigenvalue weighted by atomic mass is 16.5. The SMILES string of the molecule is COc1cccc(Oc2ccc(N/C=C3/CCCC3=O)cc2)c1. The average molecular weight is 309 g/mol. The Balaban J connectivity index is 1.63. The molecule has 1 aliphatic carbocycles. The van der Waals surface area contributed by atoms with Gasteiger partial charge in [-0.25, -0.2) is 0 Å². The van der Waals surface area contributed by atoms with Crippen molar-refractivity contribution in [3.05, 3.63) is 60.3 Å². The van der Waals surface area contributed by atoms with Crippen LogP contribution in [0, 0.1) is 0 Å². The van der Waals surface area contributed by atoms with E-state index in [0.29, 0.717) is 6.42 Å². The standard InChI is InChI=1S/C19H19NO3/c1-22-17-5-3-6-18(12-17)23-16-10-8-15(9-11-16)20-13-14-4-2-7-19(14)21/h3,5-6,8-13,20H,2,4,7H2,1H3/b14-13-. The van der Waals surface area contributed by atoms with Gasteiger partial charge >= 0.3 is 0 Å². The second-order valence-electron chi connectivity index (χ2n) is 5.40. The maximum Gasteiger partial charge on any atom is 0.160 e. The van der Waals surface area contributed by atoms with E-state index in [4.69, 9.17) is 9.47 Å². The normalized spacial score (nSPS) is 15.7. The second kappa shape index (κ2) is 7.01. The Morgan fingerprint density at radius 1 is 1.00 bits per heavy atom. The van der Waals surface area contributed by atoms with Gasteiger partial charge in [0.2, 0.25) is 0 Å². The van der Waals surface area contributed by atoms with Crippen LogP contribution in [0.4, 0.5) is 5.69 Å². The zero-order valence-corrected chi connectivity index (χ0v) is 13.0. The van der Waals surface area contributed by atoms with E-state index < -0.39 is 0 Å². The molecule has 23 heavy (non-hydrogen) atoms. The molecular formula is C19H19NO3. The van der Waals surface area contributed by atoms with Gasteiger partial charge in [0, 0.05) is 29.9 Å². The fraction of sp³-hybridized carbons (Fsp3) is 0.211. The lowest BCUT2D eigenvalue weighted by atomic mass is 10.2. The van der Waals surface area contributed by atoms with Crippen LogP contribution in [-0.4, -0.2) is 12.9 Å². The Kier molecular flexibility index (Phi) is 4.62. The molecule has 1 N–H and O–H groups in total. The van der Waals surface area contributed by atoms with Crippen LogP contribution in [-0.2, 0) is 4.79 Å². The molecule has 4 heteroatoms. The number of hydrogen-bond acceptors (Lipinski definition) is 4. The van der Waals surface area contributed by atoms with Gasteiger partial charge in [-0.15, -0.1) is 0 Å². The van der Waals surface area contributed by atoms with Crippen LogP contribution < -0.4 is 14.8 Å². The van der Waals surface area contributed by atoms with E-state index in [1.165, 1.54) is 0 Å². The zero-order valence-electron chi connectivity index (χ0n) is 13.0. The number of ether oxygens (including phenoxy) is 2. The molecule has 0 atom stereocenters. The highest BCUT2D eigenvalue weighted by Crippen LogP contribution is 2.26. The lowest BCUT2D eigenvalue weighted by molar-refractivity contribution is -0.114. The number of carbonyl (C=O) groups is 1. The molecular weight excluding hydrogens is 290 g/mol. The summed E-state index contributed by atoms with van der Waals surface area (Å²) in [7, 11) is 1.63. The molecule has 0 spiro atoms. The summed E-state index contributed by atoms with van der Waals surface area (Å²) in [5.41, 5.74) is 1.80. The number of benzene rings is 2. The lowest BCUT2D eigenvalue weighted by Crippen LogP contribution is -1.96. The minimum absolute atomic E-state index is 0.246. The highest BCUT2D eigenvalue weighted by Gasteiger charge is 2.16. The molecule has 0 heterocycles. The molecule has 0 saturated heterocycles. The number of rotatable bonds is 5. The first-order valence-corrected chi connectivity index (χ1v) is 7.65. The van der Waals surface area contributed by atoms with Gasteiger partial charge in [-0.1, -0.05) is 6.07 Å². The number of ketones is 1. The molecule has 2 aromatic carbocycles. The molecule has 1 saturated carbocycles. The minimum atomic E-state index is 0.246. The molecule has 3 rings (SSSR count). The van der Waals surface area contributed by atoms with E-state index in [2.05, 4.69) is 5.32 Å². The van der Waals surface area contributed by atoms with Crippen molar-refractivity contribution in [1.29, 1.82) is 0 Å². The van der Waals surface area contributed by atoms with Gasteiger partial charge < -0.3 is 14.8 Å². The average Bonchev–Trinajstić information content (AvgIpc) is 2.99. The Bertz CT molecular complexity index is 720.